The van der Waals surface area contributed by atoms with Crippen LogP contribution >= 0.6 is 0 Å². The average Bonchev–Trinajstić information content (AvgIpc) is 2.76. The van der Waals surface area contributed by atoms with E-state index in [-0.39, 0.29) is 0 Å². The minimum atomic E-state index is -0.658. The molecule has 1 unspecified atom stereocenters. The second-order valence-electron chi connectivity index (χ2n) is 7.44. The van der Waals surface area contributed by atoms with Crippen molar-refractivity contribution in [1.29, 1.82) is 0 Å². The number of pyridine rings is 1. The first-order valence-electron chi connectivity index (χ1n) is 9.91. The zero-order valence-electron chi connectivity index (χ0n) is 16.3. The second kappa shape index (κ2) is 8.55. The molecular weight excluding hydrogens is 346 g/mol. The zero-order valence-corrected chi connectivity index (χ0v) is 16.3. The summed E-state index contributed by atoms with van der Waals surface area (Å²) in [4.78, 5) is 9.06. The van der Waals surface area contributed by atoms with E-state index in [1.165, 1.54) is 11.1 Å². The molecule has 1 atom stereocenters. The van der Waals surface area contributed by atoms with Gasteiger partial charge in [-0.1, -0.05) is 48.5 Å². The molecule has 0 amide bonds. The quantitative estimate of drug-likeness (QED) is 0.739. The predicted octanol–water partition coefficient (Wildman–Crippen LogP) is 3.79. The highest BCUT2D eigenvalue weighted by molar-refractivity contribution is 5.56. The number of aliphatic hydroxyl groups is 1. The summed E-state index contributed by atoms with van der Waals surface area (Å²) in [5.41, 5.74) is 5.66. The maximum atomic E-state index is 10.9. The summed E-state index contributed by atoms with van der Waals surface area (Å²) >= 11 is 0. The van der Waals surface area contributed by atoms with Gasteiger partial charge in [0.1, 0.15) is 6.10 Å². The van der Waals surface area contributed by atoms with E-state index in [1.54, 1.807) is 12.4 Å². The second-order valence-corrected chi connectivity index (χ2v) is 7.44. The first kappa shape index (κ1) is 18.7. The van der Waals surface area contributed by atoms with Crippen LogP contribution in [0.4, 0.5) is 5.69 Å². The molecule has 4 nitrogen and oxygen atoms in total. The van der Waals surface area contributed by atoms with Crippen molar-refractivity contribution >= 4 is 5.69 Å². The number of hydrogen-bond donors (Lipinski definition) is 1. The van der Waals surface area contributed by atoms with Crippen molar-refractivity contribution in [2.24, 2.45) is 0 Å². The summed E-state index contributed by atoms with van der Waals surface area (Å²) in [7, 11) is 0. The third-order valence-corrected chi connectivity index (χ3v) is 5.60. The Morgan fingerprint density at radius 1 is 0.929 bits per heavy atom. The maximum Gasteiger partial charge on any atom is 0.108 e. The number of rotatable bonds is 5. The van der Waals surface area contributed by atoms with Crippen LogP contribution in [0.1, 0.15) is 28.4 Å². The lowest BCUT2D eigenvalue weighted by atomic mass is 10.00. The van der Waals surface area contributed by atoms with E-state index in [0.29, 0.717) is 0 Å². The van der Waals surface area contributed by atoms with Crippen LogP contribution in [0, 0.1) is 6.92 Å². The van der Waals surface area contributed by atoms with Gasteiger partial charge in [-0.05, 0) is 30.2 Å². The Bertz CT molecular complexity index is 904. The van der Waals surface area contributed by atoms with Crippen LogP contribution in [-0.4, -0.2) is 41.2 Å². The summed E-state index contributed by atoms with van der Waals surface area (Å²) in [5, 5.41) is 10.9. The van der Waals surface area contributed by atoms with Crippen LogP contribution in [0.25, 0.3) is 0 Å². The first-order chi connectivity index (χ1) is 13.7. The summed E-state index contributed by atoms with van der Waals surface area (Å²) < 4.78 is 0. The molecule has 0 bridgehead atoms. The average molecular weight is 374 g/mol. The number of anilines is 1. The highest BCUT2D eigenvalue weighted by Gasteiger charge is 2.22. The smallest absolute Gasteiger partial charge is 0.108 e. The fourth-order valence-corrected chi connectivity index (χ4v) is 3.90. The highest BCUT2D eigenvalue weighted by atomic mass is 16.3. The Labute approximate surface area is 167 Å². The van der Waals surface area contributed by atoms with E-state index in [2.05, 4.69) is 58.1 Å². The van der Waals surface area contributed by atoms with E-state index >= 15 is 0 Å². The normalized spacial score (nSPS) is 16.1. The molecular formula is C24H27N3O. The van der Waals surface area contributed by atoms with Gasteiger partial charge < -0.3 is 10.0 Å². The van der Waals surface area contributed by atoms with Crippen LogP contribution < -0.4 is 4.90 Å². The molecule has 1 aliphatic heterocycles. The number of hydrogen-bond acceptors (Lipinski definition) is 4. The summed E-state index contributed by atoms with van der Waals surface area (Å²) in [5.74, 6) is 0. The number of aromatic nitrogens is 1. The molecule has 1 N–H and O–H groups in total. The predicted molar refractivity (Wildman–Crippen MR) is 113 cm³/mol. The Kier molecular flexibility index (Phi) is 5.70. The Balaban J connectivity index is 1.46. The lowest BCUT2D eigenvalue weighted by molar-refractivity contribution is 0.218. The van der Waals surface area contributed by atoms with Crippen LogP contribution in [0.15, 0.2) is 73.1 Å². The van der Waals surface area contributed by atoms with Crippen molar-refractivity contribution in [2.45, 2.75) is 19.6 Å². The van der Waals surface area contributed by atoms with Gasteiger partial charge >= 0.3 is 0 Å². The SMILES string of the molecule is Cc1ccccc1CN1CCN(c2ccccc2C(O)c2cccnc2)CC1. The first-order valence-corrected chi connectivity index (χ1v) is 9.91. The van der Waals surface area contributed by atoms with E-state index < -0.39 is 6.10 Å². The van der Waals surface area contributed by atoms with Crippen LogP contribution in [0.2, 0.25) is 0 Å². The Hall–Kier alpha value is -2.69. The summed E-state index contributed by atoms with van der Waals surface area (Å²) in [6.07, 6.45) is 2.81. The standard InChI is InChI=1S/C24H27N3O/c1-19-7-2-3-8-21(19)18-26-13-15-27(16-14-26)23-11-5-4-10-22(23)24(28)20-9-6-12-25-17-20/h2-12,17,24,28H,13-16,18H2,1H3. The molecule has 2 heterocycles. The minimum absolute atomic E-state index is 0.658. The van der Waals surface area contributed by atoms with Crippen LogP contribution in [0.5, 0.6) is 0 Å². The van der Waals surface area contributed by atoms with E-state index in [0.717, 1.165) is 49.5 Å². The minimum Gasteiger partial charge on any atom is -0.384 e. The molecule has 4 heteroatoms. The molecule has 1 saturated heterocycles. The monoisotopic (exact) mass is 373 g/mol. The highest BCUT2D eigenvalue weighted by Crippen LogP contribution is 2.31. The van der Waals surface area contributed by atoms with Gasteiger partial charge in [-0.25, -0.2) is 0 Å². The van der Waals surface area contributed by atoms with Gasteiger partial charge in [0.25, 0.3) is 0 Å². The van der Waals surface area contributed by atoms with Gasteiger partial charge in [-0.3, -0.25) is 9.88 Å². The molecule has 3 aromatic rings. The van der Waals surface area contributed by atoms with Crippen molar-refractivity contribution in [1.82, 2.24) is 9.88 Å². The fraction of sp³-hybridized carbons (Fsp3) is 0.292. The Morgan fingerprint density at radius 3 is 2.43 bits per heavy atom. The van der Waals surface area contributed by atoms with Gasteiger partial charge in [0.05, 0.1) is 0 Å². The fourth-order valence-electron chi connectivity index (χ4n) is 3.90. The molecule has 1 aromatic heterocycles. The number of aliphatic hydroxyl groups excluding tert-OH is 1. The molecule has 4 rings (SSSR count). The summed E-state index contributed by atoms with van der Waals surface area (Å²) in [6, 6.07) is 20.6. The van der Waals surface area contributed by atoms with Gasteiger partial charge in [0.2, 0.25) is 0 Å². The lowest BCUT2D eigenvalue weighted by Gasteiger charge is -2.37. The van der Waals surface area contributed by atoms with Crippen molar-refractivity contribution in [2.75, 3.05) is 31.1 Å². The number of benzene rings is 2. The largest absolute Gasteiger partial charge is 0.384 e. The van der Waals surface area contributed by atoms with E-state index in [1.807, 2.05) is 24.3 Å². The third-order valence-electron chi connectivity index (χ3n) is 5.60. The molecule has 144 valence electrons. The summed E-state index contributed by atoms with van der Waals surface area (Å²) in [6.45, 7) is 7.14. The van der Waals surface area contributed by atoms with Crippen molar-refractivity contribution in [3.63, 3.8) is 0 Å². The van der Waals surface area contributed by atoms with Crippen molar-refractivity contribution in [3.05, 3.63) is 95.3 Å². The number of piperazine rings is 1. The van der Waals surface area contributed by atoms with Crippen LogP contribution in [0.3, 0.4) is 0 Å². The van der Waals surface area contributed by atoms with E-state index in [4.69, 9.17) is 0 Å². The molecule has 0 aliphatic carbocycles. The molecule has 1 fully saturated rings. The lowest BCUT2D eigenvalue weighted by Crippen LogP contribution is -2.46. The topological polar surface area (TPSA) is 39.6 Å². The molecule has 2 aromatic carbocycles. The third kappa shape index (κ3) is 4.08. The van der Waals surface area contributed by atoms with Gasteiger partial charge in [-0.2, -0.15) is 0 Å². The Morgan fingerprint density at radius 2 is 1.68 bits per heavy atom. The van der Waals surface area contributed by atoms with Crippen LogP contribution in [-0.2, 0) is 6.54 Å². The van der Waals surface area contributed by atoms with Gasteiger partial charge in [0, 0.05) is 61.9 Å². The maximum absolute atomic E-state index is 10.9. The van der Waals surface area contributed by atoms with Crippen molar-refractivity contribution in [3.8, 4) is 0 Å². The zero-order chi connectivity index (χ0) is 19.3. The number of aryl methyl sites for hydroxylation is 1. The van der Waals surface area contributed by atoms with Gasteiger partial charge in [0.15, 0.2) is 0 Å². The number of nitrogens with zero attached hydrogens (tertiary/aromatic N) is 3. The molecule has 0 saturated carbocycles. The van der Waals surface area contributed by atoms with Gasteiger partial charge in [-0.15, -0.1) is 0 Å². The van der Waals surface area contributed by atoms with Crippen molar-refractivity contribution < 1.29 is 5.11 Å². The molecule has 28 heavy (non-hydrogen) atoms. The molecule has 0 radical (unpaired) electrons. The molecule has 1 aliphatic rings. The molecule has 0 spiro atoms. The van der Waals surface area contributed by atoms with E-state index in [9.17, 15) is 5.11 Å². The number of para-hydroxylation sites is 1.